The Hall–Kier alpha value is -2.42. The highest BCUT2D eigenvalue weighted by atomic mass is 32.1. The zero-order valence-electron chi connectivity index (χ0n) is 10.7. The van der Waals surface area contributed by atoms with Gasteiger partial charge >= 0.3 is 4.87 Å². The van der Waals surface area contributed by atoms with E-state index in [1.165, 1.54) is 0 Å². The van der Waals surface area contributed by atoms with Gasteiger partial charge in [0.1, 0.15) is 5.82 Å². The van der Waals surface area contributed by atoms with Crippen molar-refractivity contribution < 1.29 is 0 Å². The van der Waals surface area contributed by atoms with Crippen LogP contribution in [0.4, 0.5) is 11.8 Å². The standard InChI is InChI=1S/C11H13N7OS/c1-2-12-10-16-8(7-4-14-18-9(7)17-10)13-3-6-5-20-11(19)15-6/h4-5H,2-3H2,1H3,(H,15,19)(H3,12,13,14,16,17,18). The van der Waals surface area contributed by atoms with Gasteiger partial charge in [0.05, 0.1) is 18.1 Å². The third-order valence-electron chi connectivity index (χ3n) is 2.66. The predicted octanol–water partition coefficient (Wildman–Crippen LogP) is 1.15. The number of nitrogens with one attached hydrogen (secondary N) is 4. The molecule has 20 heavy (non-hydrogen) atoms. The molecule has 0 aliphatic carbocycles. The average Bonchev–Trinajstić information content (AvgIpc) is 3.05. The molecule has 3 aromatic rings. The third-order valence-corrected chi connectivity index (χ3v) is 3.38. The summed E-state index contributed by atoms with van der Waals surface area (Å²) in [7, 11) is 0. The minimum Gasteiger partial charge on any atom is -0.364 e. The molecule has 0 atom stereocenters. The van der Waals surface area contributed by atoms with E-state index >= 15 is 0 Å². The molecule has 0 aliphatic heterocycles. The lowest BCUT2D eigenvalue weighted by Gasteiger charge is -2.07. The number of aromatic amines is 2. The van der Waals surface area contributed by atoms with Gasteiger partial charge in [-0.3, -0.25) is 9.89 Å². The van der Waals surface area contributed by atoms with Gasteiger partial charge in [0, 0.05) is 17.6 Å². The lowest BCUT2D eigenvalue weighted by molar-refractivity contribution is 1.03. The maximum atomic E-state index is 11.1. The van der Waals surface area contributed by atoms with Crippen LogP contribution in [0.5, 0.6) is 0 Å². The summed E-state index contributed by atoms with van der Waals surface area (Å²) >= 11 is 1.14. The Kier molecular flexibility index (Phi) is 3.33. The van der Waals surface area contributed by atoms with Gasteiger partial charge in [-0.1, -0.05) is 11.3 Å². The number of anilines is 2. The number of H-pyrrole nitrogens is 2. The molecule has 3 heterocycles. The monoisotopic (exact) mass is 291 g/mol. The topological polar surface area (TPSA) is 111 Å². The Balaban J connectivity index is 1.88. The molecule has 9 heteroatoms. The van der Waals surface area contributed by atoms with Crippen molar-refractivity contribution in [3.8, 4) is 0 Å². The summed E-state index contributed by atoms with van der Waals surface area (Å²) in [6, 6.07) is 0. The van der Waals surface area contributed by atoms with Crippen LogP contribution in [-0.4, -0.2) is 31.7 Å². The minimum atomic E-state index is -0.0636. The number of aromatic nitrogens is 5. The molecule has 104 valence electrons. The van der Waals surface area contributed by atoms with E-state index in [1.807, 2.05) is 6.92 Å². The lowest BCUT2D eigenvalue weighted by atomic mass is 10.4. The third kappa shape index (κ3) is 2.48. The Labute approximate surface area is 117 Å². The molecule has 4 N–H and O–H groups in total. The summed E-state index contributed by atoms with van der Waals surface area (Å²) in [4.78, 5) is 22.5. The van der Waals surface area contributed by atoms with E-state index in [0.717, 1.165) is 29.0 Å². The second-order valence-electron chi connectivity index (χ2n) is 4.09. The molecule has 0 unspecified atom stereocenters. The molecule has 0 aliphatic rings. The highest BCUT2D eigenvalue weighted by Gasteiger charge is 2.09. The summed E-state index contributed by atoms with van der Waals surface area (Å²) < 4.78 is 0. The van der Waals surface area contributed by atoms with E-state index < -0.39 is 0 Å². The van der Waals surface area contributed by atoms with Crippen LogP contribution < -0.4 is 15.5 Å². The molecular weight excluding hydrogens is 278 g/mol. The number of rotatable bonds is 5. The van der Waals surface area contributed by atoms with E-state index in [-0.39, 0.29) is 4.87 Å². The van der Waals surface area contributed by atoms with Gasteiger partial charge in [-0.15, -0.1) is 0 Å². The highest BCUT2D eigenvalue weighted by Crippen LogP contribution is 2.20. The molecule has 0 amide bonds. The van der Waals surface area contributed by atoms with Gasteiger partial charge in [-0.05, 0) is 6.92 Å². The van der Waals surface area contributed by atoms with Crippen molar-refractivity contribution in [3.05, 3.63) is 26.9 Å². The zero-order chi connectivity index (χ0) is 13.9. The Morgan fingerprint density at radius 3 is 3.00 bits per heavy atom. The summed E-state index contributed by atoms with van der Waals surface area (Å²) in [5.74, 6) is 1.21. The van der Waals surface area contributed by atoms with E-state index in [1.54, 1.807) is 11.6 Å². The molecule has 0 saturated heterocycles. The van der Waals surface area contributed by atoms with Crippen LogP contribution in [-0.2, 0) is 6.54 Å². The second-order valence-corrected chi connectivity index (χ2v) is 4.93. The largest absolute Gasteiger partial charge is 0.364 e. The molecular formula is C11H13N7OS. The van der Waals surface area contributed by atoms with Crippen molar-refractivity contribution in [1.29, 1.82) is 0 Å². The van der Waals surface area contributed by atoms with E-state index in [2.05, 4.69) is 35.8 Å². The fourth-order valence-electron chi connectivity index (χ4n) is 1.79. The molecule has 0 saturated carbocycles. The number of fused-ring (bicyclic) bond motifs is 1. The van der Waals surface area contributed by atoms with Crippen molar-refractivity contribution in [2.75, 3.05) is 17.2 Å². The van der Waals surface area contributed by atoms with Gasteiger partial charge in [0.2, 0.25) is 5.95 Å². The lowest BCUT2D eigenvalue weighted by Crippen LogP contribution is -2.08. The van der Waals surface area contributed by atoms with Crippen molar-refractivity contribution in [1.82, 2.24) is 25.1 Å². The fraction of sp³-hybridized carbons (Fsp3) is 0.273. The van der Waals surface area contributed by atoms with Crippen LogP contribution in [0.3, 0.4) is 0 Å². The SMILES string of the molecule is CCNc1nc(NCc2csc(=O)[nH]2)c2cn[nH]c2n1. The normalized spacial score (nSPS) is 10.8. The first kappa shape index (κ1) is 12.6. The maximum absolute atomic E-state index is 11.1. The number of nitrogens with zero attached hydrogens (tertiary/aromatic N) is 3. The van der Waals surface area contributed by atoms with E-state index in [0.29, 0.717) is 24.0 Å². The molecule has 0 aromatic carbocycles. The molecule has 0 bridgehead atoms. The van der Waals surface area contributed by atoms with Crippen molar-refractivity contribution in [2.24, 2.45) is 0 Å². The van der Waals surface area contributed by atoms with Crippen molar-refractivity contribution >= 4 is 34.1 Å². The van der Waals surface area contributed by atoms with Gasteiger partial charge < -0.3 is 15.6 Å². The van der Waals surface area contributed by atoms with Crippen molar-refractivity contribution in [2.45, 2.75) is 13.5 Å². The Bertz CT molecular complexity index is 774. The van der Waals surface area contributed by atoms with Crippen LogP contribution in [0, 0.1) is 0 Å². The molecule has 0 radical (unpaired) electrons. The summed E-state index contributed by atoms with van der Waals surface area (Å²) in [5.41, 5.74) is 1.48. The molecule has 3 rings (SSSR count). The smallest absolute Gasteiger partial charge is 0.304 e. The predicted molar refractivity (Wildman–Crippen MR) is 78.1 cm³/mol. The maximum Gasteiger partial charge on any atom is 0.304 e. The number of hydrogen-bond donors (Lipinski definition) is 4. The van der Waals surface area contributed by atoms with Gasteiger partial charge in [0.25, 0.3) is 0 Å². The first-order valence-corrected chi connectivity index (χ1v) is 6.99. The number of thiazole rings is 1. The van der Waals surface area contributed by atoms with E-state index in [4.69, 9.17) is 0 Å². The minimum absolute atomic E-state index is 0.0636. The summed E-state index contributed by atoms with van der Waals surface area (Å²) in [5, 5.41) is 15.6. The van der Waals surface area contributed by atoms with Crippen LogP contribution in [0.15, 0.2) is 16.4 Å². The number of hydrogen-bond acceptors (Lipinski definition) is 7. The van der Waals surface area contributed by atoms with Gasteiger partial charge in [-0.25, -0.2) is 0 Å². The van der Waals surface area contributed by atoms with Crippen LogP contribution in [0.25, 0.3) is 11.0 Å². The summed E-state index contributed by atoms with van der Waals surface area (Å²) in [6.07, 6.45) is 1.67. The van der Waals surface area contributed by atoms with Crippen LogP contribution in [0.2, 0.25) is 0 Å². The first-order valence-electron chi connectivity index (χ1n) is 6.12. The second kappa shape index (κ2) is 5.29. The molecule has 3 aromatic heterocycles. The zero-order valence-corrected chi connectivity index (χ0v) is 11.5. The van der Waals surface area contributed by atoms with E-state index in [9.17, 15) is 4.79 Å². The Morgan fingerprint density at radius 1 is 1.35 bits per heavy atom. The van der Waals surface area contributed by atoms with Crippen LogP contribution >= 0.6 is 11.3 Å². The quantitative estimate of drug-likeness (QED) is 0.561. The molecule has 0 fully saturated rings. The average molecular weight is 291 g/mol. The van der Waals surface area contributed by atoms with Gasteiger partial charge in [-0.2, -0.15) is 15.1 Å². The fourth-order valence-corrected chi connectivity index (χ4v) is 2.37. The summed E-state index contributed by atoms with van der Waals surface area (Å²) in [6.45, 7) is 3.20. The molecule has 8 nitrogen and oxygen atoms in total. The first-order chi connectivity index (χ1) is 9.76. The van der Waals surface area contributed by atoms with Gasteiger partial charge in [0.15, 0.2) is 5.65 Å². The Morgan fingerprint density at radius 2 is 2.25 bits per heavy atom. The van der Waals surface area contributed by atoms with Crippen LogP contribution in [0.1, 0.15) is 12.6 Å². The highest BCUT2D eigenvalue weighted by molar-refractivity contribution is 7.07. The van der Waals surface area contributed by atoms with Crippen molar-refractivity contribution in [3.63, 3.8) is 0 Å². The molecule has 0 spiro atoms.